The van der Waals surface area contributed by atoms with Crippen LogP contribution in [0.25, 0.3) is 0 Å². The molecule has 9 heteroatoms. The van der Waals surface area contributed by atoms with E-state index in [0.717, 1.165) is 18.8 Å². The van der Waals surface area contributed by atoms with Crippen LogP contribution in [-0.4, -0.2) is 62.7 Å². The Balaban J connectivity index is 1.21. The summed E-state index contributed by atoms with van der Waals surface area (Å²) in [6, 6.07) is 7.39. The van der Waals surface area contributed by atoms with E-state index in [0.29, 0.717) is 43.2 Å². The minimum absolute atomic E-state index is 0.103. The fraction of sp³-hybridized carbons (Fsp3) is 0.286. The summed E-state index contributed by atoms with van der Waals surface area (Å²) >= 11 is 0. The number of carbonyl (C=O) groups excluding carboxylic acids is 2. The van der Waals surface area contributed by atoms with Crippen molar-refractivity contribution < 1.29 is 14.0 Å². The fourth-order valence-electron chi connectivity index (χ4n) is 3.81. The van der Waals surface area contributed by atoms with Crippen molar-refractivity contribution in [3.8, 4) is 0 Å². The van der Waals surface area contributed by atoms with E-state index in [4.69, 9.17) is 4.42 Å². The van der Waals surface area contributed by atoms with E-state index in [9.17, 15) is 9.59 Å². The standard InChI is InChI=1S/C21H20N6O3/c28-20(15-2-1-5-23-12-15)27-13-17-18(14-27)30-19(24-17)21(29)26-10-8-25(9-11-26)16-3-6-22-7-4-16/h1-7,12H,8-11,13-14H2. The van der Waals surface area contributed by atoms with Gasteiger partial charge in [0.1, 0.15) is 11.5 Å². The van der Waals surface area contributed by atoms with Crippen LogP contribution in [0.2, 0.25) is 0 Å². The molecule has 0 aromatic carbocycles. The minimum Gasteiger partial charge on any atom is -0.435 e. The summed E-state index contributed by atoms with van der Waals surface area (Å²) in [6.45, 7) is 3.31. The molecule has 0 N–H and O–H groups in total. The fourth-order valence-corrected chi connectivity index (χ4v) is 3.81. The lowest BCUT2D eigenvalue weighted by Crippen LogP contribution is -2.48. The van der Waals surface area contributed by atoms with E-state index in [-0.39, 0.29) is 17.7 Å². The summed E-state index contributed by atoms with van der Waals surface area (Å²) in [6.07, 6.45) is 6.70. The Morgan fingerprint density at radius 3 is 2.37 bits per heavy atom. The second-order valence-electron chi connectivity index (χ2n) is 7.28. The van der Waals surface area contributed by atoms with Crippen LogP contribution in [0, 0.1) is 0 Å². The van der Waals surface area contributed by atoms with E-state index < -0.39 is 0 Å². The van der Waals surface area contributed by atoms with Gasteiger partial charge in [-0.15, -0.1) is 0 Å². The highest BCUT2D eigenvalue weighted by Gasteiger charge is 2.33. The number of fused-ring (bicyclic) bond motifs is 1. The van der Waals surface area contributed by atoms with Crippen LogP contribution in [-0.2, 0) is 13.1 Å². The summed E-state index contributed by atoms with van der Waals surface area (Å²) < 4.78 is 5.74. The van der Waals surface area contributed by atoms with Crippen LogP contribution < -0.4 is 4.90 Å². The molecule has 0 radical (unpaired) electrons. The highest BCUT2D eigenvalue weighted by Crippen LogP contribution is 2.26. The number of carbonyl (C=O) groups is 2. The first-order chi connectivity index (χ1) is 14.7. The van der Waals surface area contributed by atoms with Crippen LogP contribution in [0.3, 0.4) is 0 Å². The maximum atomic E-state index is 12.8. The van der Waals surface area contributed by atoms with Crippen molar-refractivity contribution in [2.75, 3.05) is 31.1 Å². The van der Waals surface area contributed by atoms with Crippen LogP contribution >= 0.6 is 0 Å². The molecule has 1 fully saturated rings. The predicted octanol–water partition coefficient (Wildman–Crippen LogP) is 1.58. The molecule has 0 unspecified atom stereocenters. The lowest BCUT2D eigenvalue weighted by atomic mass is 10.2. The third-order valence-electron chi connectivity index (χ3n) is 5.43. The summed E-state index contributed by atoms with van der Waals surface area (Å²) in [7, 11) is 0. The summed E-state index contributed by atoms with van der Waals surface area (Å²) in [4.78, 5) is 43.4. The molecule has 0 aliphatic carbocycles. The first-order valence-corrected chi connectivity index (χ1v) is 9.81. The molecular formula is C21H20N6O3. The van der Waals surface area contributed by atoms with Gasteiger partial charge in [-0.05, 0) is 24.3 Å². The third kappa shape index (κ3) is 3.38. The Bertz CT molecular complexity index is 1040. The molecule has 2 aliphatic heterocycles. The molecule has 152 valence electrons. The second kappa shape index (κ2) is 7.58. The van der Waals surface area contributed by atoms with Crippen LogP contribution in [0.15, 0.2) is 53.5 Å². The molecule has 0 saturated carbocycles. The maximum Gasteiger partial charge on any atom is 0.309 e. The first-order valence-electron chi connectivity index (χ1n) is 9.81. The monoisotopic (exact) mass is 404 g/mol. The number of rotatable bonds is 3. The van der Waals surface area contributed by atoms with Crippen molar-refractivity contribution in [2.45, 2.75) is 13.1 Å². The van der Waals surface area contributed by atoms with Gasteiger partial charge in [-0.3, -0.25) is 19.6 Å². The van der Waals surface area contributed by atoms with E-state index in [1.54, 1.807) is 40.5 Å². The van der Waals surface area contributed by atoms with Gasteiger partial charge in [0.2, 0.25) is 0 Å². The number of nitrogens with zero attached hydrogens (tertiary/aromatic N) is 6. The molecule has 5 rings (SSSR count). The van der Waals surface area contributed by atoms with Crippen molar-refractivity contribution in [1.29, 1.82) is 0 Å². The topological polar surface area (TPSA) is 95.7 Å². The number of amides is 2. The van der Waals surface area contributed by atoms with Gasteiger partial charge in [-0.1, -0.05) is 0 Å². The molecule has 1 saturated heterocycles. The number of hydrogen-bond donors (Lipinski definition) is 0. The molecule has 30 heavy (non-hydrogen) atoms. The normalized spacial score (nSPS) is 15.9. The zero-order chi connectivity index (χ0) is 20.5. The van der Waals surface area contributed by atoms with Crippen LogP contribution in [0.5, 0.6) is 0 Å². The Hall–Kier alpha value is -3.75. The average molecular weight is 404 g/mol. The van der Waals surface area contributed by atoms with Gasteiger partial charge in [0, 0.05) is 56.7 Å². The molecule has 3 aromatic heterocycles. The highest BCUT2D eigenvalue weighted by molar-refractivity contribution is 5.94. The Kier molecular flexibility index (Phi) is 4.62. The minimum atomic E-state index is -0.205. The number of anilines is 1. The van der Waals surface area contributed by atoms with Crippen molar-refractivity contribution >= 4 is 17.5 Å². The van der Waals surface area contributed by atoms with E-state index in [2.05, 4.69) is 19.9 Å². The Morgan fingerprint density at radius 2 is 1.67 bits per heavy atom. The van der Waals surface area contributed by atoms with E-state index in [1.165, 1.54) is 6.20 Å². The number of aromatic nitrogens is 3. The molecule has 0 spiro atoms. The SMILES string of the molecule is O=C(c1cccnc1)N1Cc2nc(C(=O)N3CCN(c4ccncc4)CC3)oc2C1. The van der Waals surface area contributed by atoms with Gasteiger partial charge in [-0.2, -0.15) is 0 Å². The molecule has 9 nitrogen and oxygen atoms in total. The maximum absolute atomic E-state index is 12.8. The second-order valence-corrected chi connectivity index (χ2v) is 7.28. The largest absolute Gasteiger partial charge is 0.435 e. The first kappa shape index (κ1) is 18.3. The number of pyridine rings is 2. The van der Waals surface area contributed by atoms with Gasteiger partial charge in [-0.25, -0.2) is 4.98 Å². The highest BCUT2D eigenvalue weighted by atomic mass is 16.4. The van der Waals surface area contributed by atoms with Gasteiger partial charge in [0.05, 0.1) is 18.7 Å². The average Bonchev–Trinajstić information content (AvgIpc) is 3.39. The Morgan fingerprint density at radius 1 is 0.867 bits per heavy atom. The molecule has 3 aromatic rings. The lowest BCUT2D eigenvalue weighted by Gasteiger charge is -2.35. The quantitative estimate of drug-likeness (QED) is 0.654. The van der Waals surface area contributed by atoms with Gasteiger partial charge in [0.15, 0.2) is 0 Å². The van der Waals surface area contributed by atoms with Crippen molar-refractivity contribution in [3.05, 3.63) is 72.0 Å². The van der Waals surface area contributed by atoms with Gasteiger partial charge in [0.25, 0.3) is 11.8 Å². The number of hydrogen-bond acceptors (Lipinski definition) is 7. The third-order valence-corrected chi connectivity index (χ3v) is 5.43. The van der Waals surface area contributed by atoms with E-state index in [1.807, 2.05) is 12.1 Å². The smallest absolute Gasteiger partial charge is 0.309 e. The van der Waals surface area contributed by atoms with Gasteiger partial charge >= 0.3 is 5.91 Å². The molecule has 5 heterocycles. The zero-order valence-corrected chi connectivity index (χ0v) is 16.3. The number of piperazine rings is 1. The zero-order valence-electron chi connectivity index (χ0n) is 16.3. The number of oxazole rings is 1. The van der Waals surface area contributed by atoms with Crippen LogP contribution in [0.4, 0.5) is 5.69 Å². The van der Waals surface area contributed by atoms with Gasteiger partial charge < -0.3 is 19.1 Å². The molecule has 2 aliphatic rings. The van der Waals surface area contributed by atoms with Crippen molar-refractivity contribution in [2.24, 2.45) is 0 Å². The predicted molar refractivity (Wildman–Crippen MR) is 107 cm³/mol. The molecule has 0 bridgehead atoms. The summed E-state index contributed by atoms with van der Waals surface area (Å²) in [5.74, 6) is 0.345. The lowest BCUT2D eigenvalue weighted by molar-refractivity contribution is 0.0696. The van der Waals surface area contributed by atoms with Crippen molar-refractivity contribution in [1.82, 2.24) is 24.8 Å². The molecular weight excluding hydrogens is 384 g/mol. The molecule has 2 amide bonds. The Labute approximate surface area is 173 Å². The van der Waals surface area contributed by atoms with E-state index >= 15 is 0 Å². The van der Waals surface area contributed by atoms with Crippen molar-refractivity contribution in [3.63, 3.8) is 0 Å². The van der Waals surface area contributed by atoms with Crippen LogP contribution in [0.1, 0.15) is 32.5 Å². The summed E-state index contributed by atoms with van der Waals surface area (Å²) in [5, 5.41) is 0. The summed E-state index contributed by atoms with van der Waals surface area (Å²) in [5.41, 5.74) is 2.27. The molecule has 0 atom stereocenters.